The van der Waals surface area contributed by atoms with Crippen molar-refractivity contribution in [2.45, 2.75) is 18.7 Å². The zero-order valence-corrected chi connectivity index (χ0v) is 23.7. The summed E-state index contributed by atoms with van der Waals surface area (Å²) in [4.78, 5) is 12.8. The van der Waals surface area contributed by atoms with E-state index in [1.165, 1.54) is 38.6 Å². The highest BCUT2D eigenvalue weighted by molar-refractivity contribution is 7.92. The second kappa shape index (κ2) is 14.0. The van der Waals surface area contributed by atoms with Gasteiger partial charge in [-0.15, -0.1) is 0 Å². The first-order valence-corrected chi connectivity index (χ1v) is 13.8. The Kier molecular flexibility index (Phi) is 10.5. The number of amides is 1. The van der Waals surface area contributed by atoms with Crippen LogP contribution < -0.4 is 28.7 Å². The molecule has 3 aromatic rings. The number of anilines is 1. The standard InChI is InChI=1S/C29H33N3O7S/c1-6-16-39-26-14-10-22(17-28(26)38-7-2)19-30-31-29(33)20-32(23-11-8-21(3)9-12-23)40(34,35)24-13-15-25(36-4)27(18-24)37-5/h6,8-15,17-19H,1,7,16,20H2,2-5H3,(H,31,33)/b30-19-. The molecule has 0 fully saturated rings. The van der Waals surface area contributed by atoms with Gasteiger partial charge in [0, 0.05) is 6.07 Å². The lowest BCUT2D eigenvalue weighted by atomic mass is 10.2. The van der Waals surface area contributed by atoms with Crippen LogP contribution in [0.4, 0.5) is 5.69 Å². The molecule has 0 heterocycles. The molecule has 0 unspecified atom stereocenters. The summed E-state index contributed by atoms with van der Waals surface area (Å²) in [5, 5.41) is 4.01. The molecule has 0 aromatic heterocycles. The number of benzene rings is 3. The van der Waals surface area contributed by atoms with Crippen molar-refractivity contribution in [2.75, 3.05) is 38.3 Å². The minimum absolute atomic E-state index is 0.0655. The molecule has 3 rings (SSSR count). The van der Waals surface area contributed by atoms with Crippen molar-refractivity contribution < 1.29 is 32.2 Å². The molecule has 212 valence electrons. The molecule has 0 aliphatic heterocycles. The van der Waals surface area contributed by atoms with E-state index in [0.717, 1.165) is 9.87 Å². The molecule has 3 aromatic carbocycles. The number of rotatable bonds is 14. The normalized spacial score (nSPS) is 11.1. The van der Waals surface area contributed by atoms with Gasteiger partial charge in [0.25, 0.3) is 15.9 Å². The van der Waals surface area contributed by atoms with Crippen LogP contribution in [-0.4, -0.2) is 54.5 Å². The van der Waals surface area contributed by atoms with E-state index in [0.29, 0.717) is 41.7 Å². The Bertz CT molecular complexity index is 1450. The molecule has 1 amide bonds. The largest absolute Gasteiger partial charge is 0.493 e. The van der Waals surface area contributed by atoms with E-state index < -0.39 is 22.5 Å². The van der Waals surface area contributed by atoms with E-state index in [9.17, 15) is 13.2 Å². The highest BCUT2D eigenvalue weighted by Crippen LogP contribution is 2.32. The van der Waals surface area contributed by atoms with Crippen LogP contribution in [0.3, 0.4) is 0 Å². The van der Waals surface area contributed by atoms with E-state index in [1.807, 2.05) is 13.8 Å². The van der Waals surface area contributed by atoms with Crippen molar-refractivity contribution in [3.63, 3.8) is 0 Å². The third-order valence-corrected chi connectivity index (χ3v) is 7.35. The molecule has 0 radical (unpaired) electrons. The SMILES string of the molecule is C=CCOc1ccc(/C=N\NC(=O)CN(c2ccc(C)cc2)S(=O)(=O)c2ccc(OC)c(OC)c2)cc1OCC. The van der Waals surface area contributed by atoms with Crippen LogP contribution in [-0.2, 0) is 14.8 Å². The molecule has 0 aliphatic carbocycles. The van der Waals surface area contributed by atoms with Crippen molar-refractivity contribution in [2.24, 2.45) is 5.10 Å². The van der Waals surface area contributed by atoms with Gasteiger partial charge in [-0.1, -0.05) is 30.4 Å². The fraction of sp³-hybridized carbons (Fsp3) is 0.241. The summed E-state index contributed by atoms with van der Waals surface area (Å²) < 4.78 is 50.1. The number of nitrogens with one attached hydrogen (secondary N) is 1. The summed E-state index contributed by atoms with van der Waals surface area (Å²) in [6.45, 7) is 7.62. The number of hydrogen-bond donors (Lipinski definition) is 1. The van der Waals surface area contributed by atoms with E-state index in [2.05, 4.69) is 17.1 Å². The van der Waals surface area contributed by atoms with Crippen LogP contribution in [0.25, 0.3) is 0 Å². The van der Waals surface area contributed by atoms with E-state index >= 15 is 0 Å². The first kappa shape index (κ1) is 30.0. The van der Waals surface area contributed by atoms with E-state index in [1.54, 1.807) is 48.5 Å². The molecule has 0 spiro atoms. The molecule has 0 atom stereocenters. The van der Waals surface area contributed by atoms with Crippen LogP contribution in [0, 0.1) is 6.92 Å². The minimum Gasteiger partial charge on any atom is -0.493 e. The number of methoxy groups -OCH3 is 2. The zero-order valence-electron chi connectivity index (χ0n) is 22.9. The summed E-state index contributed by atoms with van der Waals surface area (Å²) >= 11 is 0. The minimum atomic E-state index is -4.17. The Morgan fingerprint density at radius 3 is 2.30 bits per heavy atom. The van der Waals surface area contributed by atoms with Gasteiger partial charge in [0.05, 0.1) is 37.6 Å². The second-order valence-corrected chi connectivity index (χ2v) is 10.3. The van der Waals surface area contributed by atoms with Gasteiger partial charge in [-0.05, 0) is 61.9 Å². The molecular weight excluding hydrogens is 534 g/mol. The Morgan fingerprint density at radius 2 is 1.65 bits per heavy atom. The number of carbonyl (C=O) groups excluding carboxylic acids is 1. The Morgan fingerprint density at radius 1 is 0.950 bits per heavy atom. The predicted octanol–water partition coefficient (Wildman–Crippen LogP) is 4.32. The summed E-state index contributed by atoms with van der Waals surface area (Å²) in [5.74, 6) is 1.05. The molecule has 0 saturated carbocycles. The van der Waals surface area contributed by atoms with Gasteiger partial charge in [0.15, 0.2) is 23.0 Å². The summed E-state index contributed by atoms with van der Waals surface area (Å²) in [6.07, 6.45) is 3.06. The summed E-state index contributed by atoms with van der Waals surface area (Å²) in [5.41, 5.74) is 4.30. The second-order valence-electron chi connectivity index (χ2n) is 8.40. The molecule has 1 N–H and O–H groups in total. The Balaban J connectivity index is 1.83. The molecule has 11 heteroatoms. The Labute approximate surface area is 234 Å². The summed E-state index contributed by atoms with van der Waals surface area (Å²) in [6, 6.07) is 16.2. The number of hydrazone groups is 1. The average molecular weight is 568 g/mol. The maximum Gasteiger partial charge on any atom is 0.264 e. The molecule has 0 saturated heterocycles. The van der Waals surface area contributed by atoms with Crippen molar-refractivity contribution in [1.29, 1.82) is 0 Å². The van der Waals surface area contributed by atoms with Crippen LogP contribution in [0.15, 0.2) is 83.3 Å². The lowest BCUT2D eigenvalue weighted by Crippen LogP contribution is -2.39. The highest BCUT2D eigenvalue weighted by atomic mass is 32.2. The fourth-order valence-corrected chi connectivity index (χ4v) is 5.05. The van der Waals surface area contributed by atoms with Crippen molar-refractivity contribution in [3.05, 3.63) is 84.4 Å². The number of nitrogens with zero attached hydrogens (tertiary/aromatic N) is 2. The van der Waals surface area contributed by atoms with Crippen molar-refractivity contribution in [3.8, 4) is 23.0 Å². The fourth-order valence-electron chi connectivity index (χ4n) is 3.62. The third-order valence-electron chi connectivity index (χ3n) is 5.58. The monoisotopic (exact) mass is 567 g/mol. The predicted molar refractivity (Wildman–Crippen MR) is 154 cm³/mol. The van der Waals surface area contributed by atoms with Gasteiger partial charge in [-0.2, -0.15) is 5.10 Å². The van der Waals surface area contributed by atoms with Gasteiger partial charge in [-0.25, -0.2) is 13.8 Å². The molecule has 0 bridgehead atoms. The topological polar surface area (TPSA) is 116 Å². The maximum absolute atomic E-state index is 13.7. The smallest absolute Gasteiger partial charge is 0.264 e. The lowest BCUT2D eigenvalue weighted by molar-refractivity contribution is -0.119. The number of hydrogen-bond acceptors (Lipinski definition) is 8. The quantitative estimate of drug-likeness (QED) is 0.175. The molecule has 10 nitrogen and oxygen atoms in total. The van der Waals surface area contributed by atoms with Crippen LogP contribution in [0.1, 0.15) is 18.1 Å². The number of ether oxygens (including phenoxy) is 4. The van der Waals surface area contributed by atoms with Gasteiger partial charge >= 0.3 is 0 Å². The van der Waals surface area contributed by atoms with Crippen molar-refractivity contribution in [1.82, 2.24) is 5.43 Å². The van der Waals surface area contributed by atoms with Crippen LogP contribution in [0.5, 0.6) is 23.0 Å². The number of carbonyl (C=O) groups is 1. The van der Waals surface area contributed by atoms with Gasteiger partial charge < -0.3 is 18.9 Å². The first-order chi connectivity index (χ1) is 19.2. The molecule has 40 heavy (non-hydrogen) atoms. The van der Waals surface area contributed by atoms with Gasteiger partial charge in [0.1, 0.15) is 13.2 Å². The number of aryl methyl sites for hydroxylation is 1. The maximum atomic E-state index is 13.7. The lowest BCUT2D eigenvalue weighted by Gasteiger charge is -2.24. The van der Waals surface area contributed by atoms with Crippen LogP contribution >= 0.6 is 0 Å². The molecule has 0 aliphatic rings. The summed E-state index contributed by atoms with van der Waals surface area (Å²) in [7, 11) is -1.30. The van der Waals surface area contributed by atoms with E-state index in [4.69, 9.17) is 18.9 Å². The number of sulfonamides is 1. The van der Waals surface area contributed by atoms with Gasteiger partial charge in [-0.3, -0.25) is 9.10 Å². The Hall–Kier alpha value is -4.51. The van der Waals surface area contributed by atoms with Crippen LogP contribution in [0.2, 0.25) is 0 Å². The first-order valence-electron chi connectivity index (χ1n) is 12.4. The third kappa shape index (κ3) is 7.54. The molecular formula is C29H33N3O7S. The zero-order chi connectivity index (χ0) is 29.1. The highest BCUT2D eigenvalue weighted by Gasteiger charge is 2.28. The van der Waals surface area contributed by atoms with E-state index in [-0.39, 0.29) is 10.6 Å². The van der Waals surface area contributed by atoms with Gasteiger partial charge in [0.2, 0.25) is 0 Å². The average Bonchev–Trinajstić information content (AvgIpc) is 2.95. The van der Waals surface area contributed by atoms with Crippen molar-refractivity contribution >= 4 is 27.8 Å².